The Kier molecular flexibility index (Phi) is 5.12. The van der Waals surface area contributed by atoms with Gasteiger partial charge in [0.2, 0.25) is 0 Å². The Bertz CT molecular complexity index is 394. The lowest BCUT2D eigenvalue weighted by Crippen LogP contribution is -2.53. The summed E-state index contributed by atoms with van der Waals surface area (Å²) in [5.74, 6) is -1.43. The molecule has 0 aromatic rings. The molecule has 1 saturated heterocycles. The van der Waals surface area contributed by atoms with Crippen LogP contribution in [0.5, 0.6) is 0 Å². The van der Waals surface area contributed by atoms with Crippen molar-refractivity contribution in [3.05, 3.63) is 0 Å². The first-order chi connectivity index (χ1) is 8.25. The fourth-order valence-corrected chi connectivity index (χ4v) is 3.91. The van der Waals surface area contributed by atoms with Gasteiger partial charge in [-0.1, -0.05) is 20.3 Å². The molecule has 0 aromatic heterocycles. The molecule has 1 aliphatic rings. The van der Waals surface area contributed by atoms with Gasteiger partial charge in [-0.05, 0) is 25.7 Å². The zero-order valence-electron chi connectivity index (χ0n) is 11.1. The molecule has 1 rings (SSSR count). The van der Waals surface area contributed by atoms with Crippen molar-refractivity contribution in [2.45, 2.75) is 52.1 Å². The molecule has 1 unspecified atom stereocenters. The Labute approximate surface area is 109 Å². The molecule has 7 heteroatoms. The quantitative estimate of drug-likeness (QED) is 0.779. The maximum atomic E-state index is 12.2. The smallest absolute Gasteiger partial charge is 0.322 e. The van der Waals surface area contributed by atoms with Crippen molar-refractivity contribution in [1.82, 2.24) is 9.03 Å². The standard InChI is InChI=1S/C11H22N2O4S/c1-8(2)10(11(14)15)12-18(16,17)13-7-5-4-6-9(13)3/h8-10,12H,4-7H2,1-3H3,(H,14,15)/t9?,10-/m0/s1. The van der Waals surface area contributed by atoms with Gasteiger partial charge in [0.15, 0.2) is 0 Å². The van der Waals surface area contributed by atoms with E-state index >= 15 is 0 Å². The zero-order valence-corrected chi connectivity index (χ0v) is 11.9. The van der Waals surface area contributed by atoms with Crippen LogP contribution in [0.1, 0.15) is 40.0 Å². The molecule has 106 valence electrons. The average molecular weight is 278 g/mol. The Hall–Kier alpha value is -0.660. The number of hydrogen-bond acceptors (Lipinski definition) is 3. The number of piperidine rings is 1. The summed E-state index contributed by atoms with van der Waals surface area (Å²) in [5, 5.41) is 9.03. The maximum Gasteiger partial charge on any atom is 0.322 e. The molecule has 1 fully saturated rings. The number of rotatable bonds is 5. The fraction of sp³-hybridized carbons (Fsp3) is 0.909. The van der Waals surface area contributed by atoms with Gasteiger partial charge in [-0.25, -0.2) is 0 Å². The first-order valence-electron chi connectivity index (χ1n) is 6.27. The zero-order chi connectivity index (χ0) is 13.9. The first kappa shape index (κ1) is 15.4. The number of nitrogens with zero attached hydrogens (tertiary/aromatic N) is 1. The second-order valence-electron chi connectivity index (χ2n) is 5.14. The first-order valence-corrected chi connectivity index (χ1v) is 7.71. The molecule has 2 atom stereocenters. The summed E-state index contributed by atoms with van der Waals surface area (Å²) < 4.78 is 28.0. The van der Waals surface area contributed by atoms with Crippen LogP contribution in [0.2, 0.25) is 0 Å². The van der Waals surface area contributed by atoms with E-state index in [0.29, 0.717) is 6.54 Å². The summed E-state index contributed by atoms with van der Waals surface area (Å²) in [7, 11) is -3.72. The van der Waals surface area contributed by atoms with Crippen LogP contribution in [0.3, 0.4) is 0 Å². The number of carboxylic acid groups (broad SMARTS) is 1. The highest BCUT2D eigenvalue weighted by atomic mass is 32.2. The molecule has 1 heterocycles. The molecule has 0 aliphatic carbocycles. The van der Waals surface area contributed by atoms with Crippen LogP contribution in [-0.4, -0.2) is 42.4 Å². The van der Waals surface area contributed by atoms with Gasteiger partial charge in [-0.15, -0.1) is 0 Å². The second kappa shape index (κ2) is 5.99. The molecule has 0 amide bonds. The van der Waals surface area contributed by atoms with Crippen LogP contribution in [0.4, 0.5) is 0 Å². The minimum absolute atomic E-state index is 0.0714. The van der Waals surface area contributed by atoms with E-state index in [-0.39, 0.29) is 12.0 Å². The van der Waals surface area contributed by atoms with Gasteiger partial charge in [0.1, 0.15) is 6.04 Å². The van der Waals surface area contributed by atoms with E-state index in [0.717, 1.165) is 19.3 Å². The third-order valence-corrected chi connectivity index (χ3v) is 4.97. The topological polar surface area (TPSA) is 86.7 Å². The van der Waals surface area contributed by atoms with Crippen molar-refractivity contribution < 1.29 is 18.3 Å². The van der Waals surface area contributed by atoms with Gasteiger partial charge >= 0.3 is 5.97 Å². The van der Waals surface area contributed by atoms with E-state index in [2.05, 4.69) is 4.72 Å². The number of nitrogens with one attached hydrogen (secondary N) is 1. The minimum atomic E-state index is -3.72. The highest BCUT2D eigenvalue weighted by Crippen LogP contribution is 2.19. The SMILES string of the molecule is CC(C)[C@H](NS(=O)(=O)N1CCCCC1C)C(=O)O. The summed E-state index contributed by atoms with van der Waals surface area (Å²) in [6, 6.07) is -1.15. The highest BCUT2D eigenvalue weighted by Gasteiger charge is 2.34. The lowest BCUT2D eigenvalue weighted by molar-refractivity contribution is -0.140. The fourth-order valence-electron chi connectivity index (χ4n) is 2.13. The summed E-state index contributed by atoms with van der Waals surface area (Å²) in [4.78, 5) is 11.0. The molecule has 0 aromatic carbocycles. The molecule has 6 nitrogen and oxygen atoms in total. The van der Waals surface area contributed by atoms with Gasteiger partial charge in [-0.2, -0.15) is 17.4 Å². The van der Waals surface area contributed by atoms with Crippen molar-refractivity contribution in [2.75, 3.05) is 6.54 Å². The van der Waals surface area contributed by atoms with Gasteiger partial charge < -0.3 is 5.11 Å². The van der Waals surface area contributed by atoms with Gasteiger partial charge in [0.05, 0.1) is 0 Å². The minimum Gasteiger partial charge on any atom is -0.480 e. The van der Waals surface area contributed by atoms with Crippen molar-refractivity contribution in [1.29, 1.82) is 0 Å². The van der Waals surface area contributed by atoms with Crippen LogP contribution in [-0.2, 0) is 15.0 Å². The van der Waals surface area contributed by atoms with Crippen molar-refractivity contribution in [3.63, 3.8) is 0 Å². The summed E-state index contributed by atoms with van der Waals surface area (Å²) in [6.07, 6.45) is 2.66. The molecule has 1 aliphatic heterocycles. The Balaban J connectivity index is 2.82. The van der Waals surface area contributed by atoms with E-state index < -0.39 is 22.2 Å². The third kappa shape index (κ3) is 3.66. The Morgan fingerprint density at radius 2 is 2.00 bits per heavy atom. The number of hydrogen-bond donors (Lipinski definition) is 2. The van der Waals surface area contributed by atoms with Crippen LogP contribution in [0.25, 0.3) is 0 Å². The molecule has 0 bridgehead atoms. The summed E-state index contributed by atoms with van der Waals surface area (Å²) in [6.45, 7) is 5.67. The van der Waals surface area contributed by atoms with Gasteiger partial charge in [0.25, 0.3) is 10.2 Å². The maximum absolute atomic E-state index is 12.2. The van der Waals surface area contributed by atoms with E-state index in [1.54, 1.807) is 13.8 Å². The van der Waals surface area contributed by atoms with Crippen molar-refractivity contribution in [3.8, 4) is 0 Å². The van der Waals surface area contributed by atoms with Crippen LogP contribution in [0, 0.1) is 5.92 Å². The summed E-state index contributed by atoms with van der Waals surface area (Å²) >= 11 is 0. The lowest BCUT2D eigenvalue weighted by Gasteiger charge is -2.33. The van der Waals surface area contributed by atoms with E-state index in [9.17, 15) is 13.2 Å². The highest BCUT2D eigenvalue weighted by molar-refractivity contribution is 7.87. The predicted molar refractivity (Wildman–Crippen MR) is 68.3 cm³/mol. The average Bonchev–Trinajstić information content (AvgIpc) is 2.25. The monoisotopic (exact) mass is 278 g/mol. The third-order valence-electron chi connectivity index (χ3n) is 3.26. The summed E-state index contributed by atoms with van der Waals surface area (Å²) in [5.41, 5.74) is 0. The van der Waals surface area contributed by atoms with Crippen LogP contribution >= 0.6 is 0 Å². The van der Waals surface area contributed by atoms with Gasteiger partial charge in [-0.3, -0.25) is 4.79 Å². The van der Waals surface area contributed by atoms with E-state index in [1.807, 2.05) is 6.92 Å². The number of carbonyl (C=O) groups is 1. The molecule has 0 saturated carbocycles. The second-order valence-corrected chi connectivity index (χ2v) is 6.79. The predicted octanol–water partition coefficient (Wildman–Crippen LogP) is 0.804. The molecule has 18 heavy (non-hydrogen) atoms. The molecular weight excluding hydrogens is 256 g/mol. The van der Waals surface area contributed by atoms with Gasteiger partial charge in [0, 0.05) is 12.6 Å². The van der Waals surface area contributed by atoms with Crippen molar-refractivity contribution >= 4 is 16.2 Å². The molecule has 2 N–H and O–H groups in total. The van der Waals surface area contributed by atoms with E-state index in [1.165, 1.54) is 4.31 Å². The number of aliphatic carboxylic acids is 1. The van der Waals surface area contributed by atoms with E-state index in [4.69, 9.17) is 5.11 Å². The van der Waals surface area contributed by atoms with Crippen LogP contribution in [0.15, 0.2) is 0 Å². The van der Waals surface area contributed by atoms with Crippen LogP contribution < -0.4 is 4.72 Å². The number of carboxylic acids is 1. The molecule has 0 spiro atoms. The Morgan fingerprint density at radius 1 is 1.39 bits per heavy atom. The molecule has 0 radical (unpaired) electrons. The van der Waals surface area contributed by atoms with Crippen molar-refractivity contribution in [2.24, 2.45) is 5.92 Å². The lowest BCUT2D eigenvalue weighted by atomic mass is 10.1. The molecular formula is C11H22N2O4S. The Morgan fingerprint density at radius 3 is 2.44 bits per heavy atom. The largest absolute Gasteiger partial charge is 0.480 e. The normalized spacial score (nSPS) is 24.1.